The van der Waals surface area contributed by atoms with Crippen LogP contribution in [-0.2, 0) is 17.4 Å². The summed E-state index contributed by atoms with van der Waals surface area (Å²) in [7, 11) is 0. The predicted octanol–water partition coefficient (Wildman–Crippen LogP) is 6.11. The lowest BCUT2D eigenvalue weighted by atomic mass is 9.98. The lowest BCUT2D eigenvalue weighted by molar-refractivity contribution is -0.138. The molecule has 0 heterocycles. The highest BCUT2D eigenvalue weighted by atomic mass is 19.4. The van der Waals surface area contributed by atoms with Gasteiger partial charge in [-0.25, -0.2) is 13.2 Å². The molecule has 0 aliphatic rings. The van der Waals surface area contributed by atoms with Gasteiger partial charge in [-0.05, 0) is 47.5 Å². The Balaban J connectivity index is 2.29. The van der Waals surface area contributed by atoms with Crippen molar-refractivity contribution in [1.29, 1.82) is 0 Å². The molecule has 0 aliphatic heterocycles. The van der Waals surface area contributed by atoms with Crippen molar-refractivity contribution in [2.45, 2.75) is 12.6 Å². The molecule has 2 aromatic rings. The Morgan fingerprint density at radius 3 is 2.31 bits per heavy atom. The molecule has 2 nitrogen and oxygen atoms in total. The fraction of sp³-hybridized carbons (Fsp3) is 0.0952. The number of hydrogen-bond acceptors (Lipinski definition) is 1. The van der Waals surface area contributed by atoms with E-state index in [0.717, 1.165) is 18.2 Å². The van der Waals surface area contributed by atoms with Crippen LogP contribution in [0.4, 0.5) is 32.0 Å². The van der Waals surface area contributed by atoms with Crippen molar-refractivity contribution in [2.24, 2.45) is 0 Å². The van der Waals surface area contributed by atoms with Crippen molar-refractivity contribution in [3.8, 4) is 0 Å². The fourth-order valence-electron chi connectivity index (χ4n) is 2.56. The second kappa shape index (κ2) is 8.81. The molecule has 2 aromatic carbocycles. The average Bonchev–Trinajstić information content (AvgIpc) is 2.60. The summed E-state index contributed by atoms with van der Waals surface area (Å²) in [6.45, 7) is 6.35. The number of carbonyl (C=O) groups excluding carboxylic acids is 1. The van der Waals surface area contributed by atoms with Crippen LogP contribution in [0.5, 0.6) is 0 Å². The van der Waals surface area contributed by atoms with Gasteiger partial charge in [-0.15, -0.1) is 0 Å². The minimum Gasteiger partial charge on any atom is -0.322 e. The van der Waals surface area contributed by atoms with E-state index >= 15 is 0 Å². The standard InChI is InChI=1S/C21H15F6NO/c1-3-4-17(12(2)22)20(29)28-16-7-5-13(19(24)11-16)9-14-10-15(23)6-8-18(14)21(25,26)27/h3-8,10-11H,1-2,9H2,(H,28,29)/b17-4+. The number of rotatable bonds is 6. The lowest BCUT2D eigenvalue weighted by Crippen LogP contribution is -2.15. The second-order valence-corrected chi connectivity index (χ2v) is 5.96. The molecule has 0 bridgehead atoms. The van der Waals surface area contributed by atoms with Crippen LogP contribution in [0.25, 0.3) is 0 Å². The van der Waals surface area contributed by atoms with Gasteiger partial charge in [0.1, 0.15) is 17.5 Å². The molecule has 0 saturated carbocycles. The van der Waals surface area contributed by atoms with Crippen molar-refractivity contribution < 1.29 is 31.1 Å². The molecular weight excluding hydrogens is 396 g/mol. The summed E-state index contributed by atoms with van der Waals surface area (Å²) >= 11 is 0. The predicted molar refractivity (Wildman–Crippen MR) is 97.8 cm³/mol. The van der Waals surface area contributed by atoms with Crippen LogP contribution in [0.3, 0.4) is 0 Å². The van der Waals surface area contributed by atoms with Crippen LogP contribution in [0.15, 0.2) is 73.1 Å². The summed E-state index contributed by atoms with van der Waals surface area (Å²) < 4.78 is 80.3. The molecule has 0 fully saturated rings. The molecule has 2 rings (SSSR count). The summed E-state index contributed by atoms with van der Waals surface area (Å²) in [4.78, 5) is 12.0. The van der Waals surface area contributed by atoms with E-state index in [2.05, 4.69) is 18.5 Å². The molecule has 0 spiro atoms. The van der Waals surface area contributed by atoms with Gasteiger partial charge in [0.25, 0.3) is 5.91 Å². The molecule has 0 saturated heterocycles. The number of carbonyl (C=O) groups is 1. The van der Waals surface area contributed by atoms with Crippen molar-refractivity contribution in [3.63, 3.8) is 0 Å². The Morgan fingerprint density at radius 1 is 1.07 bits per heavy atom. The van der Waals surface area contributed by atoms with Gasteiger partial charge < -0.3 is 5.32 Å². The first kappa shape index (κ1) is 22.0. The quantitative estimate of drug-likeness (QED) is 0.347. The van der Waals surface area contributed by atoms with Crippen molar-refractivity contribution in [1.82, 2.24) is 0 Å². The van der Waals surface area contributed by atoms with Crippen LogP contribution in [0, 0.1) is 11.6 Å². The van der Waals surface area contributed by atoms with Crippen LogP contribution in [0.1, 0.15) is 16.7 Å². The summed E-state index contributed by atoms with van der Waals surface area (Å²) in [6, 6.07) is 5.21. The van der Waals surface area contributed by atoms with Gasteiger partial charge in [0.15, 0.2) is 0 Å². The number of allylic oxidation sites excluding steroid dienone is 2. The van der Waals surface area contributed by atoms with Gasteiger partial charge in [0.05, 0.1) is 11.1 Å². The maximum absolute atomic E-state index is 14.4. The first-order valence-electron chi connectivity index (χ1n) is 8.16. The van der Waals surface area contributed by atoms with E-state index in [1.54, 1.807) is 0 Å². The van der Waals surface area contributed by atoms with Gasteiger partial charge in [-0.2, -0.15) is 13.2 Å². The van der Waals surface area contributed by atoms with Crippen molar-refractivity contribution >= 4 is 11.6 Å². The van der Waals surface area contributed by atoms with E-state index in [0.29, 0.717) is 18.2 Å². The number of anilines is 1. The molecule has 29 heavy (non-hydrogen) atoms. The minimum absolute atomic E-state index is 0.0530. The molecule has 152 valence electrons. The van der Waals surface area contributed by atoms with Gasteiger partial charge in [-0.1, -0.05) is 25.3 Å². The third kappa shape index (κ3) is 5.60. The van der Waals surface area contributed by atoms with Gasteiger partial charge in [0, 0.05) is 12.1 Å². The minimum atomic E-state index is -4.73. The fourth-order valence-corrected chi connectivity index (χ4v) is 2.56. The molecule has 0 radical (unpaired) electrons. The zero-order chi connectivity index (χ0) is 21.8. The number of halogens is 6. The highest BCUT2D eigenvalue weighted by Crippen LogP contribution is 2.34. The molecule has 1 N–H and O–H groups in total. The van der Waals surface area contributed by atoms with Crippen LogP contribution >= 0.6 is 0 Å². The van der Waals surface area contributed by atoms with E-state index in [9.17, 15) is 31.1 Å². The molecule has 0 atom stereocenters. The normalized spacial score (nSPS) is 11.9. The smallest absolute Gasteiger partial charge is 0.322 e. The van der Waals surface area contributed by atoms with E-state index in [1.807, 2.05) is 0 Å². The van der Waals surface area contributed by atoms with Gasteiger partial charge in [0.2, 0.25) is 0 Å². The average molecular weight is 411 g/mol. The zero-order valence-corrected chi connectivity index (χ0v) is 14.9. The number of nitrogens with one attached hydrogen (secondary N) is 1. The first-order chi connectivity index (χ1) is 13.5. The summed E-state index contributed by atoms with van der Waals surface area (Å²) in [5.41, 5.74) is -2.12. The Kier molecular flexibility index (Phi) is 6.68. The SMILES string of the molecule is C=C/C=C(\C(=C)F)C(=O)Nc1ccc(Cc2cc(F)ccc2C(F)(F)F)c(F)c1. The number of amides is 1. The highest BCUT2D eigenvalue weighted by Gasteiger charge is 2.33. The van der Waals surface area contributed by atoms with Crippen molar-refractivity contribution in [3.05, 3.63) is 101 Å². The molecule has 1 amide bonds. The van der Waals surface area contributed by atoms with E-state index < -0.39 is 52.7 Å². The molecule has 0 aromatic heterocycles. The number of benzene rings is 2. The van der Waals surface area contributed by atoms with Crippen LogP contribution < -0.4 is 5.32 Å². The largest absolute Gasteiger partial charge is 0.416 e. The topological polar surface area (TPSA) is 29.1 Å². The molecule has 0 unspecified atom stereocenters. The monoisotopic (exact) mass is 411 g/mol. The van der Waals surface area contributed by atoms with E-state index in [1.165, 1.54) is 12.1 Å². The highest BCUT2D eigenvalue weighted by molar-refractivity contribution is 6.06. The summed E-state index contributed by atoms with van der Waals surface area (Å²) in [5, 5.41) is 2.25. The number of hydrogen-bond donors (Lipinski definition) is 1. The maximum Gasteiger partial charge on any atom is 0.416 e. The van der Waals surface area contributed by atoms with Crippen LogP contribution in [-0.4, -0.2) is 5.91 Å². The van der Waals surface area contributed by atoms with E-state index in [4.69, 9.17) is 0 Å². The molecular formula is C21H15F6NO. The lowest BCUT2D eigenvalue weighted by Gasteiger charge is -2.14. The molecule has 8 heteroatoms. The third-order valence-corrected chi connectivity index (χ3v) is 3.89. The van der Waals surface area contributed by atoms with Crippen LogP contribution in [0.2, 0.25) is 0 Å². The van der Waals surface area contributed by atoms with Gasteiger partial charge in [-0.3, -0.25) is 4.79 Å². The second-order valence-electron chi connectivity index (χ2n) is 5.96. The summed E-state index contributed by atoms with van der Waals surface area (Å²) in [6.07, 6.45) is -3.00. The Labute approximate surface area is 162 Å². The van der Waals surface area contributed by atoms with Crippen molar-refractivity contribution in [2.75, 3.05) is 5.32 Å². The Hall–Kier alpha value is -3.29. The zero-order valence-electron chi connectivity index (χ0n) is 14.9. The third-order valence-electron chi connectivity index (χ3n) is 3.89. The van der Waals surface area contributed by atoms with Gasteiger partial charge >= 0.3 is 6.18 Å². The number of alkyl halides is 3. The summed E-state index contributed by atoms with van der Waals surface area (Å²) in [5.74, 6) is -3.74. The van der Waals surface area contributed by atoms with E-state index in [-0.39, 0.29) is 11.3 Å². The Bertz CT molecular complexity index is 991. The maximum atomic E-state index is 14.4. The Morgan fingerprint density at radius 2 is 1.76 bits per heavy atom. The first-order valence-corrected chi connectivity index (χ1v) is 8.16. The molecule has 0 aliphatic carbocycles.